The average Bonchev–Trinajstić information content (AvgIpc) is 2.88. The molecular weight excluding hydrogens is 232 g/mol. The molecule has 1 aliphatic carbocycles. The van der Waals surface area contributed by atoms with Crippen molar-refractivity contribution >= 4 is 11.4 Å². The van der Waals surface area contributed by atoms with Crippen LogP contribution in [0.3, 0.4) is 0 Å². The monoisotopic (exact) mass is 250 g/mol. The highest BCUT2D eigenvalue weighted by Gasteiger charge is 2.16. The number of rotatable bonds is 5. The van der Waals surface area contributed by atoms with Gasteiger partial charge in [-0.05, 0) is 30.5 Å². The Morgan fingerprint density at radius 2 is 2.17 bits per heavy atom. The summed E-state index contributed by atoms with van der Waals surface area (Å²) in [5, 5.41) is 13.6. The number of nitrogens with zero attached hydrogens (tertiary/aromatic N) is 1. The summed E-state index contributed by atoms with van der Waals surface area (Å²) in [7, 11) is 1.68. The van der Waals surface area contributed by atoms with Gasteiger partial charge < -0.3 is 10.1 Å². The molecule has 1 aliphatic rings. The fourth-order valence-electron chi connectivity index (χ4n) is 2.30. The Morgan fingerprint density at radius 3 is 2.78 bits per heavy atom. The highest BCUT2D eigenvalue weighted by atomic mass is 16.6. The molecule has 5 heteroatoms. The molecule has 0 aliphatic heterocycles. The van der Waals surface area contributed by atoms with Gasteiger partial charge in [0.05, 0.1) is 17.6 Å². The Kier molecular flexibility index (Phi) is 4.15. The fourth-order valence-corrected chi connectivity index (χ4v) is 2.30. The highest BCUT2D eigenvalue weighted by Crippen LogP contribution is 2.26. The van der Waals surface area contributed by atoms with Gasteiger partial charge in [0.15, 0.2) is 0 Å². The van der Waals surface area contributed by atoms with Crippen molar-refractivity contribution < 1.29 is 9.66 Å². The number of hydrogen-bond acceptors (Lipinski definition) is 4. The molecule has 0 bridgehead atoms. The van der Waals surface area contributed by atoms with Crippen molar-refractivity contribution in [1.29, 1.82) is 0 Å². The minimum atomic E-state index is -0.382. The van der Waals surface area contributed by atoms with E-state index >= 15 is 0 Å². The molecule has 1 fully saturated rings. The molecule has 2 rings (SSSR count). The summed E-state index contributed by atoms with van der Waals surface area (Å²) < 4.78 is 5.79. The van der Waals surface area contributed by atoms with E-state index in [9.17, 15) is 10.1 Å². The number of nitro benzene ring substituents is 1. The summed E-state index contributed by atoms with van der Waals surface area (Å²) in [6.07, 6.45) is 5.11. The van der Waals surface area contributed by atoms with Crippen LogP contribution in [0.4, 0.5) is 11.4 Å². The van der Waals surface area contributed by atoms with Crippen LogP contribution in [0.2, 0.25) is 0 Å². The molecule has 0 unspecified atom stereocenters. The maximum Gasteiger partial charge on any atom is 0.292 e. The first kappa shape index (κ1) is 12.8. The predicted molar refractivity (Wildman–Crippen MR) is 69.7 cm³/mol. The normalized spacial score (nSPS) is 15.8. The maximum atomic E-state index is 10.8. The molecule has 0 amide bonds. The van der Waals surface area contributed by atoms with E-state index in [2.05, 4.69) is 5.32 Å². The highest BCUT2D eigenvalue weighted by molar-refractivity contribution is 5.62. The molecule has 98 valence electrons. The third kappa shape index (κ3) is 2.98. The molecule has 0 saturated heterocycles. The van der Waals surface area contributed by atoms with Crippen molar-refractivity contribution in [2.75, 3.05) is 12.4 Å². The van der Waals surface area contributed by atoms with Gasteiger partial charge in [0, 0.05) is 13.1 Å². The van der Waals surface area contributed by atoms with E-state index in [1.165, 1.54) is 18.9 Å². The lowest BCUT2D eigenvalue weighted by molar-refractivity contribution is -0.384. The molecule has 0 aromatic heterocycles. The number of nitro groups is 1. The molecule has 1 saturated carbocycles. The SMILES string of the molecule is CNc1cc(COC2CCCC2)ccc1[N+](=O)[O-]. The summed E-state index contributed by atoms with van der Waals surface area (Å²) >= 11 is 0. The van der Waals surface area contributed by atoms with E-state index in [1.54, 1.807) is 19.2 Å². The number of hydrogen-bond donors (Lipinski definition) is 1. The van der Waals surface area contributed by atoms with Crippen LogP contribution in [-0.2, 0) is 11.3 Å². The van der Waals surface area contributed by atoms with Crippen LogP contribution in [0.25, 0.3) is 0 Å². The van der Waals surface area contributed by atoms with Crippen molar-refractivity contribution in [1.82, 2.24) is 0 Å². The second-order valence-corrected chi connectivity index (χ2v) is 4.58. The Balaban J connectivity index is 2.02. The zero-order chi connectivity index (χ0) is 13.0. The Hall–Kier alpha value is -1.62. The van der Waals surface area contributed by atoms with Crippen LogP contribution in [0.15, 0.2) is 18.2 Å². The van der Waals surface area contributed by atoms with Gasteiger partial charge in [-0.3, -0.25) is 10.1 Å². The molecule has 18 heavy (non-hydrogen) atoms. The summed E-state index contributed by atoms with van der Waals surface area (Å²) in [5.41, 5.74) is 1.60. The minimum Gasteiger partial charge on any atom is -0.383 e. The van der Waals surface area contributed by atoms with E-state index in [0.717, 1.165) is 18.4 Å². The van der Waals surface area contributed by atoms with Gasteiger partial charge in [0.2, 0.25) is 0 Å². The number of anilines is 1. The summed E-state index contributed by atoms with van der Waals surface area (Å²) in [5.74, 6) is 0. The van der Waals surface area contributed by atoms with Crippen LogP contribution in [0.1, 0.15) is 31.2 Å². The van der Waals surface area contributed by atoms with Crippen molar-refractivity contribution in [2.24, 2.45) is 0 Å². The number of benzene rings is 1. The lowest BCUT2D eigenvalue weighted by atomic mass is 10.2. The minimum absolute atomic E-state index is 0.0992. The Labute approximate surface area is 106 Å². The van der Waals surface area contributed by atoms with Crippen LogP contribution in [0, 0.1) is 10.1 Å². The topological polar surface area (TPSA) is 64.4 Å². The summed E-state index contributed by atoms with van der Waals surface area (Å²) in [6.45, 7) is 0.525. The zero-order valence-electron chi connectivity index (χ0n) is 10.5. The van der Waals surface area contributed by atoms with Crippen molar-refractivity contribution in [3.8, 4) is 0 Å². The first-order valence-electron chi connectivity index (χ1n) is 6.27. The van der Waals surface area contributed by atoms with E-state index in [-0.39, 0.29) is 10.6 Å². The predicted octanol–water partition coefficient (Wildman–Crippen LogP) is 3.10. The zero-order valence-corrected chi connectivity index (χ0v) is 10.5. The average molecular weight is 250 g/mol. The first-order chi connectivity index (χ1) is 8.70. The lowest BCUT2D eigenvalue weighted by Gasteiger charge is -2.11. The molecule has 0 spiro atoms. The molecule has 0 atom stereocenters. The van der Waals surface area contributed by atoms with Crippen molar-refractivity contribution in [2.45, 2.75) is 38.4 Å². The van der Waals surface area contributed by atoms with Gasteiger partial charge in [0.1, 0.15) is 5.69 Å². The molecule has 5 nitrogen and oxygen atoms in total. The van der Waals surface area contributed by atoms with Gasteiger partial charge in [-0.25, -0.2) is 0 Å². The molecule has 0 radical (unpaired) electrons. The smallest absolute Gasteiger partial charge is 0.292 e. The second-order valence-electron chi connectivity index (χ2n) is 4.58. The van der Waals surface area contributed by atoms with E-state index in [1.807, 2.05) is 0 Å². The second kappa shape index (κ2) is 5.82. The number of ether oxygens (including phenoxy) is 1. The van der Waals surface area contributed by atoms with Gasteiger partial charge in [-0.2, -0.15) is 0 Å². The number of nitrogens with one attached hydrogen (secondary N) is 1. The van der Waals surface area contributed by atoms with Crippen LogP contribution in [-0.4, -0.2) is 18.1 Å². The molecule has 0 heterocycles. The standard InChI is InChI=1S/C13H18N2O3/c1-14-12-8-10(6-7-13(12)15(16)17)9-18-11-4-2-3-5-11/h6-8,11,14H,2-5,9H2,1H3. The van der Waals surface area contributed by atoms with Gasteiger partial charge in [-0.1, -0.05) is 12.8 Å². The third-order valence-electron chi connectivity index (χ3n) is 3.31. The molecule has 1 N–H and O–H groups in total. The Morgan fingerprint density at radius 1 is 1.44 bits per heavy atom. The largest absolute Gasteiger partial charge is 0.383 e. The summed E-state index contributed by atoms with van der Waals surface area (Å²) in [4.78, 5) is 10.4. The van der Waals surface area contributed by atoms with E-state index < -0.39 is 0 Å². The molecule has 1 aromatic carbocycles. The quantitative estimate of drug-likeness (QED) is 0.644. The lowest BCUT2D eigenvalue weighted by Crippen LogP contribution is -2.07. The van der Waals surface area contributed by atoms with Gasteiger partial charge in [0.25, 0.3) is 5.69 Å². The van der Waals surface area contributed by atoms with Crippen molar-refractivity contribution in [3.05, 3.63) is 33.9 Å². The summed E-state index contributed by atoms with van der Waals surface area (Å²) in [6, 6.07) is 5.07. The van der Waals surface area contributed by atoms with Crippen LogP contribution >= 0.6 is 0 Å². The van der Waals surface area contributed by atoms with Crippen LogP contribution < -0.4 is 5.32 Å². The van der Waals surface area contributed by atoms with Gasteiger partial charge >= 0.3 is 0 Å². The van der Waals surface area contributed by atoms with Crippen LogP contribution in [0.5, 0.6) is 0 Å². The maximum absolute atomic E-state index is 10.8. The fraction of sp³-hybridized carbons (Fsp3) is 0.538. The van der Waals surface area contributed by atoms with Gasteiger partial charge in [-0.15, -0.1) is 0 Å². The van der Waals surface area contributed by atoms with E-state index in [0.29, 0.717) is 18.4 Å². The molecular formula is C13H18N2O3. The first-order valence-corrected chi connectivity index (χ1v) is 6.27. The van der Waals surface area contributed by atoms with Crippen molar-refractivity contribution in [3.63, 3.8) is 0 Å². The van der Waals surface area contributed by atoms with E-state index in [4.69, 9.17) is 4.74 Å². The third-order valence-corrected chi connectivity index (χ3v) is 3.31. The Bertz CT molecular complexity index is 428. The molecule has 1 aromatic rings.